The lowest BCUT2D eigenvalue weighted by Gasteiger charge is -2.15. The number of carbonyl (C=O) groups is 1. The summed E-state index contributed by atoms with van der Waals surface area (Å²) in [5, 5.41) is 10.7. The molecule has 1 heterocycles. The minimum atomic E-state index is -0.138. The molecule has 92 valence electrons. The molecule has 17 heavy (non-hydrogen) atoms. The van der Waals surface area contributed by atoms with E-state index in [1.807, 2.05) is 0 Å². The first-order chi connectivity index (χ1) is 8.24. The zero-order valence-electron chi connectivity index (χ0n) is 9.36. The van der Waals surface area contributed by atoms with Crippen molar-refractivity contribution in [1.29, 1.82) is 0 Å². The van der Waals surface area contributed by atoms with Crippen LogP contribution in [0.5, 0.6) is 0 Å². The van der Waals surface area contributed by atoms with Crippen LogP contribution in [0.2, 0.25) is 4.47 Å². The molecule has 0 radical (unpaired) electrons. The number of hydrogen-bond donors (Lipinski definition) is 1. The average Bonchev–Trinajstić information content (AvgIpc) is 3.20. The minimum Gasteiger partial charge on any atom is -0.350 e. The summed E-state index contributed by atoms with van der Waals surface area (Å²) in [5.74, 6) is 2.24. The summed E-state index contributed by atoms with van der Waals surface area (Å²) in [6, 6.07) is 0. The van der Waals surface area contributed by atoms with Gasteiger partial charge in [-0.2, -0.15) is 0 Å². The van der Waals surface area contributed by atoms with E-state index in [2.05, 4.69) is 15.5 Å². The van der Waals surface area contributed by atoms with Crippen LogP contribution < -0.4 is 5.32 Å². The number of amides is 1. The van der Waals surface area contributed by atoms with Crippen LogP contribution in [0.1, 0.15) is 35.5 Å². The molecule has 4 nitrogen and oxygen atoms in total. The second-order valence-electron chi connectivity index (χ2n) is 4.91. The maximum absolute atomic E-state index is 11.8. The Morgan fingerprint density at radius 1 is 1.35 bits per heavy atom. The van der Waals surface area contributed by atoms with Crippen LogP contribution in [0.25, 0.3) is 0 Å². The van der Waals surface area contributed by atoms with Crippen molar-refractivity contribution in [3.63, 3.8) is 0 Å². The minimum absolute atomic E-state index is 0.138. The van der Waals surface area contributed by atoms with Crippen molar-refractivity contribution >= 4 is 28.8 Å². The number of halogens is 1. The second kappa shape index (κ2) is 4.53. The maximum Gasteiger partial charge on any atom is 0.282 e. The van der Waals surface area contributed by atoms with Crippen molar-refractivity contribution in [2.24, 2.45) is 17.8 Å². The summed E-state index contributed by atoms with van der Waals surface area (Å²) in [7, 11) is 0. The van der Waals surface area contributed by atoms with Crippen LogP contribution in [-0.2, 0) is 0 Å². The summed E-state index contributed by atoms with van der Waals surface area (Å²) in [5.41, 5.74) is 0. The molecule has 1 aromatic heterocycles. The Bertz CT molecular complexity index is 416. The molecule has 0 bridgehead atoms. The number of nitrogens with zero attached hydrogens (tertiary/aromatic N) is 2. The van der Waals surface area contributed by atoms with Gasteiger partial charge in [0.15, 0.2) is 0 Å². The van der Waals surface area contributed by atoms with E-state index in [9.17, 15) is 4.79 Å². The summed E-state index contributed by atoms with van der Waals surface area (Å²) in [4.78, 5) is 11.8. The highest BCUT2D eigenvalue weighted by Gasteiger charge is 2.41. The van der Waals surface area contributed by atoms with Crippen molar-refractivity contribution in [3.8, 4) is 0 Å². The summed E-state index contributed by atoms with van der Waals surface area (Å²) in [6.45, 7) is 0.783. The third-order valence-electron chi connectivity index (χ3n) is 3.55. The Labute approximate surface area is 109 Å². The Morgan fingerprint density at radius 3 is 2.47 bits per heavy atom. The molecule has 0 saturated heterocycles. The molecule has 0 aliphatic heterocycles. The number of aromatic nitrogens is 2. The van der Waals surface area contributed by atoms with E-state index in [1.54, 1.807) is 0 Å². The van der Waals surface area contributed by atoms with Crippen molar-refractivity contribution < 1.29 is 4.79 Å². The fourth-order valence-corrected chi connectivity index (χ4v) is 3.09. The lowest BCUT2D eigenvalue weighted by Crippen LogP contribution is -2.31. The quantitative estimate of drug-likeness (QED) is 0.894. The fraction of sp³-hybridized carbons (Fsp3) is 0.727. The molecule has 1 amide bonds. The highest BCUT2D eigenvalue weighted by atomic mass is 35.5. The fourth-order valence-electron chi connectivity index (χ4n) is 2.35. The molecule has 2 aliphatic rings. The molecule has 0 atom stereocenters. The van der Waals surface area contributed by atoms with Gasteiger partial charge >= 0.3 is 0 Å². The molecule has 6 heteroatoms. The Morgan fingerprint density at radius 2 is 2.00 bits per heavy atom. The van der Waals surface area contributed by atoms with Crippen LogP contribution in [0.3, 0.4) is 0 Å². The van der Waals surface area contributed by atoms with Crippen LogP contribution in [-0.4, -0.2) is 22.6 Å². The number of carbonyl (C=O) groups excluding carboxylic acids is 1. The lowest BCUT2D eigenvalue weighted by atomic mass is 9.98. The maximum atomic E-state index is 11.8. The Hall–Kier alpha value is -0.680. The van der Waals surface area contributed by atoms with Crippen LogP contribution >= 0.6 is 22.9 Å². The summed E-state index contributed by atoms with van der Waals surface area (Å²) in [6.07, 6.45) is 5.34. The number of rotatable bonds is 5. The van der Waals surface area contributed by atoms with Gasteiger partial charge in [-0.05, 0) is 55.0 Å². The summed E-state index contributed by atoms with van der Waals surface area (Å²) >= 11 is 6.78. The van der Waals surface area contributed by atoms with Crippen molar-refractivity contribution in [2.45, 2.75) is 25.7 Å². The lowest BCUT2D eigenvalue weighted by molar-refractivity contribution is 0.0942. The zero-order valence-corrected chi connectivity index (χ0v) is 10.9. The third kappa shape index (κ3) is 2.77. The third-order valence-corrected chi connectivity index (χ3v) is 4.57. The van der Waals surface area contributed by atoms with E-state index in [-0.39, 0.29) is 5.91 Å². The Kier molecular flexibility index (Phi) is 3.04. The van der Waals surface area contributed by atoms with Gasteiger partial charge in [0.1, 0.15) is 0 Å². The number of hydrogen-bond acceptors (Lipinski definition) is 4. The van der Waals surface area contributed by atoms with E-state index in [0.29, 0.717) is 15.4 Å². The average molecular weight is 272 g/mol. The molecule has 0 aromatic carbocycles. The Balaban J connectivity index is 1.54. The molecule has 0 unspecified atom stereocenters. The van der Waals surface area contributed by atoms with Crippen LogP contribution in [0, 0.1) is 17.8 Å². The standard InChI is InChI=1S/C11H14ClN3OS/c12-11-15-14-10(17-11)9(16)13-5-8(6-1-2-6)7-3-4-7/h6-8H,1-5H2,(H,13,16). The molecule has 2 saturated carbocycles. The van der Waals surface area contributed by atoms with Gasteiger partial charge in [-0.3, -0.25) is 4.79 Å². The predicted molar refractivity (Wildman–Crippen MR) is 66.2 cm³/mol. The molecule has 2 fully saturated rings. The first-order valence-corrected chi connectivity index (χ1v) is 7.20. The van der Waals surface area contributed by atoms with E-state index >= 15 is 0 Å². The first-order valence-electron chi connectivity index (χ1n) is 6.01. The SMILES string of the molecule is O=C(NCC(C1CC1)C1CC1)c1nnc(Cl)s1. The van der Waals surface area contributed by atoms with E-state index in [1.165, 1.54) is 25.7 Å². The molecule has 2 aliphatic carbocycles. The normalized spacial score (nSPS) is 19.6. The largest absolute Gasteiger partial charge is 0.350 e. The van der Waals surface area contributed by atoms with Gasteiger partial charge in [-0.25, -0.2) is 0 Å². The second-order valence-corrected chi connectivity index (χ2v) is 6.47. The van der Waals surface area contributed by atoms with Crippen molar-refractivity contribution in [1.82, 2.24) is 15.5 Å². The van der Waals surface area contributed by atoms with Gasteiger partial charge in [0.05, 0.1) is 0 Å². The van der Waals surface area contributed by atoms with Gasteiger partial charge in [-0.15, -0.1) is 10.2 Å². The van der Waals surface area contributed by atoms with E-state index < -0.39 is 0 Å². The van der Waals surface area contributed by atoms with Crippen LogP contribution in [0.15, 0.2) is 0 Å². The van der Waals surface area contributed by atoms with E-state index in [0.717, 1.165) is 29.7 Å². The van der Waals surface area contributed by atoms with Gasteiger partial charge in [0, 0.05) is 6.54 Å². The highest BCUT2D eigenvalue weighted by Crippen LogP contribution is 2.48. The van der Waals surface area contributed by atoms with Gasteiger partial charge in [-0.1, -0.05) is 11.3 Å². The topological polar surface area (TPSA) is 54.9 Å². The molecule has 1 N–H and O–H groups in total. The monoisotopic (exact) mass is 271 g/mol. The van der Waals surface area contributed by atoms with Gasteiger partial charge < -0.3 is 5.32 Å². The molecule has 1 aromatic rings. The van der Waals surface area contributed by atoms with Crippen molar-refractivity contribution in [3.05, 3.63) is 9.47 Å². The zero-order chi connectivity index (χ0) is 11.8. The molecular weight excluding hydrogens is 258 g/mol. The van der Waals surface area contributed by atoms with E-state index in [4.69, 9.17) is 11.6 Å². The van der Waals surface area contributed by atoms with Gasteiger partial charge in [0.2, 0.25) is 9.47 Å². The highest BCUT2D eigenvalue weighted by molar-refractivity contribution is 7.17. The van der Waals surface area contributed by atoms with Gasteiger partial charge in [0.25, 0.3) is 5.91 Å². The molecule has 3 rings (SSSR count). The molecule has 0 spiro atoms. The molecular formula is C11H14ClN3OS. The smallest absolute Gasteiger partial charge is 0.282 e. The number of nitrogens with one attached hydrogen (secondary N) is 1. The first kappa shape index (κ1) is 11.4. The van der Waals surface area contributed by atoms with Crippen molar-refractivity contribution in [2.75, 3.05) is 6.54 Å². The predicted octanol–water partition coefficient (Wildman–Crippen LogP) is 2.36. The summed E-state index contributed by atoms with van der Waals surface area (Å²) < 4.78 is 0.316. The van der Waals surface area contributed by atoms with Crippen LogP contribution in [0.4, 0.5) is 0 Å².